The summed E-state index contributed by atoms with van der Waals surface area (Å²) in [6.45, 7) is 12.4. The van der Waals surface area contributed by atoms with Crippen LogP contribution < -0.4 is 0 Å². The van der Waals surface area contributed by atoms with Crippen molar-refractivity contribution in [2.24, 2.45) is 10.8 Å². The smallest absolute Gasteiger partial charge is 0.312 e. The van der Waals surface area contributed by atoms with Crippen LogP contribution in [0.15, 0.2) is 0 Å². The topological polar surface area (TPSA) is 55.8 Å². The van der Waals surface area contributed by atoms with Gasteiger partial charge in [-0.1, -0.05) is 47.5 Å². The Bertz CT molecular complexity index is 288. The molecule has 0 aliphatic heterocycles. The molecule has 0 bridgehead atoms. The van der Waals surface area contributed by atoms with E-state index < -0.39 is 17.5 Å². The Morgan fingerprint density at radius 2 is 1.70 bits per heavy atom. The Hall–Kier alpha value is -0.610. The number of hydrogen-bond acceptors (Lipinski definition) is 3. The molecule has 1 N–H and O–H groups in total. The highest BCUT2D eigenvalue weighted by molar-refractivity contribution is 5.75. The van der Waals surface area contributed by atoms with Gasteiger partial charge < -0.3 is 5.11 Å². The molecule has 120 valence electrons. The highest BCUT2D eigenvalue weighted by Crippen LogP contribution is 2.41. The lowest BCUT2D eigenvalue weighted by Gasteiger charge is -2.41. The fraction of sp³-hybridized carbons (Fsp3) is 0.938. The summed E-state index contributed by atoms with van der Waals surface area (Å²) in [5.74, 6) is -0.830. The van der Waals surface area contributed by atoms with Gasteiger partial charge in [-0.3, -0.25) is 4.79 Å². The molecule has 0 saturated carbocycles. The van der Waals surface area contributed by atoms with Crippen molar-refractivity contribution in [1.29, 1.82) is 0 Å². The number of unbranched alkanes of at least 4 members (excludes halogenated alkanes) is 2. The molecule has 0 aliphatic rings. The molecule has 0 spiro atoms. The lowest BCUT2D eigenvalue weighted by molar-refractivity contribution is -0.361. The minimum Gasteiger partial charge on any atom is -0.481 e. The molecule has 0 amide bonds. The minimum absolute atomic E-state index is 0.256. The fourth-order valence-electron chi connectivity index (χ4n) is 2.26. The fourth-order valence-corrected chi connectivity index (χ4v) is 2.26. The zero-order valence-electron chi connectivity index (χ0n) is 14.0. The van der Waals surface area contributed by atoms with Gasteiger partial charge >= 0.3 is 5.97 Å². The number of hydrogen-bond donors (Lipinski definition) is 1. The molecule has 0 fully saturated rings. The Morgan fingerprint density at radius 3 is 2.10 bits per heavy atom. The van der Waals surface area contributed by atoms with Gasteiger partial charge in [-0.05, 0) is 31.6 Å². The van der Waals surface area contributed by atoms with Gasteiger partial charge in [0.2, 0.25) is 0 Å². The van der Waals surface area contributed by atoms with E-state index in [1.807, 2.05) is 27.7 Å². The second kappa shape index (κ2) is 8.63. The van der Waals surface area contributed by atoms with E-state index >= 15 is 0 Å². The summed E-state index contributed by atoms with van der Waals surface area (Å²) in [6, 6.07) is 0. The average molecular weight is 288 g/mol. The summed E-state index contributed by atoms with van der Waals surface area (Å²) in [4.78, 5) is 22.6. The number of aliphatic carboxylic acids is 1. The van der Waals surface area contributed by atoms with Crippen LogP contribution in [-0.4, -0.2) is 23.8 Å². The summed E-state index contributed by atoms with van der Waals surface area (Å²) in [6.07, 6.45) is 4.02. The first-order valence-electron chi connectivity index (χ1n) is 7.77. The predicted molar refractivity (Wildman–Crippen MR) is 80.5 cm³/mol. The summed E-state index contributed by atoms with van der Waals surface area (Å²) >= 11 is 0. The first kappa shape index (κ1) is 19.4. The van der Waals surface area contributed by atoms with Gasteiger partial charge in [0.25, 0.3) is 0 Å². The Balaban J connectivity index is 4.87. The second-order valence-corrected chi connectivity index (χ2v) is 6.42. The molecule has 0 radical (unpaired) electrons. The second-order valence-electron chi connectivity index (χ2n) is 6.42. The van der Waals surface area contributed by atoms with Gasteiger partial charge in [-0.15, -0.1) is 0 Å². The molecular formula is C16H32O4. The molecule has 0 aromatic rings. The van der Waals surface area contributed by atoms with Crippen LogP contribution in [0.1, 0.15) is 73.6 Å². The van der Waals surface area contributed by atoms with Crippen LogP contribution in [-0.2, 0) is 14.6 Å². The van der Waals surface area contributed by atoms with Crippen LogP contribution in [0.4, 0.5) is 0 Å². The SMILES string of the molecule is CCCCCOOC(C(C)(C)CC)C(C)(CC)C(=O)O. The van der Waals surface area contributed by atoms with Crippen LogP contribution in [0.25, 0.3) is 0 Å². The van der Waals surface area contributed by atoms with Crippen molar-refractivity contribution < 1.29 is 19.7 Å². The van der Waals surface area contributed by atoms with Gasteiger partial charge in [-0.2, -0.15) is 0 Å². The standard InChI is InChI=1S/C16H32O4/c1-7-10-11-12-19-20-13(15(4,5)8-2)16(6,9-3)14(17)18/h13H,7-12H2,1-6H3,(H,17,18). The van der Waals surface area contributed by atoms with Crippen molar-refractivity contribution in [2.75, 3.05) is 6.61 Å². The molecular weight excluding hydrogens is 256 g/mol. The van der Waals surface area contributed by atoms with Crippen molar-refractivity contribution in [3.05, 3.63) is 0 Å². The zero-order chi connectivity index (χ0) is 15.8. The van der Waals surface area contributed by atoms with Crippen molar-refractivity contribution in [3.8, 4) is 0 Å². The maximum Gasteiger partial charge on any atom is 0.312 e. The van der Waals surface area contributed by atoms with Crippen LogP contribution >= 0.6 is 0 Å². The van der Waals surface area contributed by atoms with E-state index in [0.29, 0.717) is 13.0 Å². The van der Waals surface area contributed by atoms with Crippen molar-refractivity contribution >= 4 is 5.97 Å². The van der Waals surface area contributed by atoms with E-state index in [4.69, 9.17) is 9.78 Å². The molecule has 0 saturated heterocycles. The molecule has 0 aromatic heterocycles. The van der Waals surface area contributed by atoms with Crippen molar-refractivity contribution in [3.63, 3.8) is 0 Å². The molecule has 2 unspecified atom stereocenters. The Kier molecular flexibility index (Phi) is 8.36. The van der Waals surface area contributed by atoms with Gasteiger partial charge in [-0.25, -0.2) is 9.78 Å². The monoisotopic (exact) mass is 288 g/mol. The van der Waals surface area contributed by atoms with Gasteiger partial charge in [0.15, 0.2) is 0 Å². The van der Waals surface area contributed by atoms with E-state index in [9.17, 15) is 9.90 Å². The Morgan fingerprint density at radius 1 is 1.10 bits per heavy atom. The summed E-state index contributed by atoms with van der Waals surface area (Å²) in [5.41, 5.74) is -1.20. The maximum atomic E-state index is 11.7. The van der Waals surface area contributed by atoms with Crippen LogP contribution in [0, 0.1) is 10.8 Å². The highest BCUT2D eigenvalue weighted by Gasteiger charge is 2.49. The third kappa shape index (κ3) is 5.06. The third-order valence-electron chi connectivity index (χ3n) is 4.42. The van der Waals surface area contributed by atoms with Crippen molar-refractivity contribution in [1.82, 2.24) is 0 Å². The molecule has 0 rings (SSSR count). The molecule has 0 aromatic carbocycles. The summed E-state index contributed by atoms with van der Waals surface area (Å²) in [5, 5.41) is 9.57. The number of carbonyl (C=O) groups is 1. The molecule has 0 aliphatic carbocycles. The normalized spacial score (nSPS) is 16.7. The number of rotatable bonds is 11. The van der Waals surface area contributed by atoms with Crippen LogP contribution in [0.2, 0.25) is 0 Å². The van der Waals surface area contributed by atoms with E-state index in [2.05, 4.69) is 6.92 Å². The molecule has 20 heavy (non-hydrogen) atoms. The van der Waals surface area contributed by atoms with E-state index in [1.54, 1.807) is 6.92 Å². The van der Waals surface area contributed by atoms with Gasteiger partial charge in [0.05, 0.1) is 12.0 Å². The first-order chi connectivity index (χ1) is 9.26. The first-order valence-corrected chi connectivity index (χ1v) is 7.77. The zero-order valence-corrected chi connectivity index (χ0v) is 14.0. The lowest BCUT2D eigenvalue weighted by Crippen LogP contribution is -2.49. The third-order valence-corrected chi connectivity index (χ3v) is 4.42. The van der Waals surface area contributed by atoms with E-state index in [1.165, 1.54) is 0 Å². The minimum atomic E-state index is -0.940. The van der Waals surface area contributed by atoms with Gasteiger partial charge in [0, 0.05) is 0 Å². The molecule has 0 heterocycles. The number of carboxylic acid groups (broad SMARTS) is 1. The quantitative estimate of drug-likeness (QED) is 0.347. The number of carboxylic acids is 1. The van der Waals surface area contributed by atoms with E-state index in [-0.39, 0.29) is 5.41 Å². The lowest BCUT2D eigenvalue weighted by atomic mass is 9.68. The molecule has 4 nitrogen and oxygen atoms in total. The predicted octanol–water partition coefficient (Wildman–Crippen LogP) is 4.43. The molecule has 4 heteroatoms. The van der Waals surface area contributed by atoms with E-state index in [0.717, 1.165) is 25.7 Å². The molecule has 2 atom stereocenters. The Labute approximate surface area is 123 Å². The highest BCUT2D eigenvalue weighted by atomic mass is 17.2. The maximum absolute atomic E-state index is 11.7. The van der Waals surface area contributed by atoms with Crippen LogP contribution in [0.3, 0.4) is 0 Å². The largest absolute Gasteiger partial charge is 0.481 e. The summed E-state index contributed by atoms with van der Waals surface area (Å²) < 4.78 is 0. The summed E-state index contributed by atoms with van der Waals surface area (Å²) in [7, 11) is 0. The van der Waals surface area contributed by atoms with Gasteiger partial charge in [0.1, 0.15) is 6.10 Å². The average Bonchev–Trinajstić information content (AvgIpc) is 2.41. The van der Waals surface area contributed by atoms with Crippen molar-refractivity contribution in [2.45, 2.75) is 79.8 Å². The van der Waals surface area contributed by atoms with Crippen LogP contribution in [0.5, 0.6) is 0 Å².